The number of nitrogens with zero attached hydrogens (tertiary/aromatic N) is 2. The first kappa shape index (κ1) is 17.1. The summed E-state index contributed by atoms with van der Waals surface area (Å²) in [6.07, 6.45) is 5.09. The monoisotopic (exact) mass is 320 g/mol. The molecule has 1 fully saturated rings. The van der Waals surface area contributed by atoms with Gasteiger partial charge in [-0.2, -0.15) is 0 Å². The van der Waals surface area contributed by atoms with E-state index in [1.54, 1.807) is 41.3 Å². The van der Waals surface area contributed by atoms with Crippen molar-refractivity contribution in [2.75, 3.05) is 20.1 Å². The van der Waals surface area contributed by atoms with Crippen LogP contribution in [0.15, 0.2) is 28.9 Å². The van der Waals surface area contributed by atoms with Crippen LogP contribution in [0, 0.1) is 0 Å². The van der Waals surface area contributed by atoms with Crippen molar-refractivity contribution in [1.82, 2.24) is 9.80 Å². The van der Waals surface area contributed by atoms with Crippen molar-refractivity contribution in [1.29, 1.82) is 0 Å². The summed E-state index contributed by atoms with van der Waals surface area (Å²) in [6.45, 7) is 6.64. The first-order valence-electron chi connectivity index (χ1n) is 7.72. The van der Waals surface area contributed by atoms with E-state index in [1.165, 1.54) is 6.08 Å². The number of ether oxygens (including phenoxy) is 1. The molecule has 0 aliphatic carbocycles. The van der Waals surface area contributed by atoms with E-state index in [-0.39, 0.29) is 18.0 Å². The zero-order chi connectivity index (χ0) is 17.0. The van der Waals surface area contributed by atoms with Gasteiger partial charge in [0.15, 0.2) is 0 Å². The largest absolute Gasteiger partial charge is 0.465 e. The Labute approximate surface area is 136 Å². The number of furan rings is 1. The average molecular weight is 320 g/mol. The van der Waals surface area contributed by atoms with Gasteiger partial charge in [-0.1, -0.05) is 0 Å². The summed E-state index contributed by atoms with van der Waals surface area (Å²) in [5.74, 6) is 0.557. The normalized spacial score (nSPS) is 18.4. The Morgan fingerprint density at radius 2 is 2.17 bits per heavy atom. The van der Waals surface area contributed by atoms with Crippen molar-refractivity contribution in [3.63, 3.8) is 0 Å². The van der Waals surface area contributed by atoms with Gasteiger partial charge in [0.2, 0.25) is 5.91 Å². The van der Waals surface area contributed by atoms with Crippen molar-refractivity contribution >= 4 is 18.1 Å². The molecule has 2 rings (SSSR count). The lowest BCUT2D eigenvalue weighted by atomic mass is 10.2. The van der Waals surface area contributed by atoms with Crippen molar-refractivity contribution in [2.45, 2.75) is 38.8 Å². The van der Waals surface area contributed by atoms with Crippen molar-refractivity contribution in [2.24, 2.45) is 0 Å². The number of carbonyl (C=O) groups is 2. The predicted octanol–water partition coefficient (Wildman–Crippen LogP) is 2.76. The minimum Gasteiger partial charge on any atom is -0.465 e. The highest BCUT2D eigenvalue weighted by atomic mass is 16.6. The van der Waals surface area contributed by atoms with Crippen LogP contribution < -0.4 is 0 Å². The highest BCUT2D eigenvalue weighted by Crippen LogP contribution is 2.18. The van der Waals surface area contributed by atoms with E-state index in [2.05, 4.69) is 0 Å². The van der Waals surface area contributed by atoms with E-state index in [0.29, 0.717) is 18.8 Å². The topological polar surface area (TPSA) is 63.0 Å². The second-order valence-corrected chi connectivity index (χ2v) is 6.67. The number of hydrogen-bond donors (Lipinski definition) is 0. The fourth-order valence-electron chi connectivity index (χ4n) is 2.39. The van der Waals surface area contributed by atoms with Crippen LogP contribution in [0.5, 0.6) is 0 Å². The second kappa shape index (κ2) is 6.89. The van der Waals surface area contributed by atoms with Gasteiger partial charge in [0.05, 0.1) is 12.3 Å². The summed E-state index contributed by atoms with van der Waals surface area (Å²) in [5.41, 5.74) is -0.523. The van der Waals surface area contributed by atoms with Crippen LogP contribution in [0.25, 0.3) is 6.08 Å². The van der Waals surface area contributed by atoms with Gasteiger partial charge in [-0.15, -0.1) is 0 Å². The van der Waals surface area contributed by atoms with Crippen molar-refractivity contribution < 1.29 is 18.7 Å². The lowest BCUT2D eigenvalue weighted by Crippen LogP contribution is -2.42. The Hall–Kier alpha value is -2.24. The first-order valence-corrected chi connectivity index (χ1v) is 7.72. The van der Waals surface area contributed by atoms with Gasteiger partial charge in [-0.25, -0.2) is 4.79 Å². The number of likely N-dealkylation sites (tertiary alicyclic amines) is 1. The van der Waals surface area contributed by atoms with E-state index in [9.17, 15) is 9.59 Å². The summed E-state index contributed by atoms with van der Waals surface area (Å²) in [4.78, 5) is 27.6. The number of carbonyl (C=O) groups excluding carboxylic acids is 2. The lowest BCUT2D eigenvalue weighted by Gasteiger charge is -2.28. The van der Waals surface area contributed by atoms with E-state index in [0.717, 1.165) is 6.42 Å². The van der Waals surface area contributed by atoms with E-state index >= 15 is 0 Å². The molecule has 1 unspecified atom stereocenters. The molecule has 0 aromatic carbocycles. The molecule has 1 aromatic heterocycles. The van der Waals surface area contributed by atoms with Gasteiger partial charge in [0, 0.05) is 26.2 Å². The first-order chi connectivity index (χ1) is 10.8. The summed E-state index contributed by atoms with van der Waals surface area (Å²) in [5, 5.41) is 0. The third kappa shape index (κ3) is 4.87. The molecule has 1 aromatic rings. The molecule has 1 atom stereocenters. The molecule has 0 N–H and O–H groups in total. The number of hydrogen-bond acceptors (Lipinski definition) is 4. The van der Waals surface area contributed by atoms with Gasteiger partial charge in [-0.3, -0.25) is 4.79 Å². The molecule has 0 radical (unpaired) electrons. The van der Waals surface area contributed by atoms with Crippen LogP contribution in [-0.2, 0) is 9.53 Å². The minimum atomic E-state index is -0.523. The molecule has 6 nitrogen and oxygen atoms in total. The Bertz CT molecular complexity index is 572. The molecule has 0 spiro atoms. The molecule has 0 bridgehead atoms. The number of amides is 2. The van der Waals surface area contributed by atoms with Gasteiger partial charge < -0.3 is 19.0 Å². The maximum atomic E-state index is 12.2. The molecule has 2 amide bonds. The number of likely N-dealkylation sites (N-methyl/N-ethyl adjacent to an activating group) is 1. The quantitative estimate of drug-likeness (QED) is 0.803. The zero-order valence-electron chi connectivity index (χ0n) is 14.1. The van der Waals surface area contributed by atoms with Crippen LogP contribution in [0.2, 0.25) is 0 Å². The summed E-state index contributed by atoms with van der Waals surface area (Å²) in [6, 6.07) is 3.53. The molecule has 126 valence electrons. The van der Waals surface area contributed by atoms with Crippen LogP contribution in [-0.4, -0.2) is 53.6 Å². The average Bonchev–Trinajstić information content (AvgIpc) is 3.13. The molecule has 1 aliphatic heterocycles. The van der Waals surface area contributed by atoms with E-state index in [1.807, 2.05) is 20.8 Å². The van der Waals surface area contributed by atoms with E-state index < -0.39 is 5.60 Å². The fourth-order valence-corrected chi connectivity index (χ4v) is 2.39. The smallest absolute Gasteiger partial charge is 0.410 e. The Balaban J connectivity index is 1.87. The maximum absolute atomic E-state index is 12.2. The zero-order valence-corrected chi connectivity index (χ0v) is 14.1. The van der Waals surface area contributed by atoms with Crippen LogP contribution in [0.3, 0.4) is 0 Å². The Morgan fingerprint density at radius 1 is 1.43 bits per heavy atom. The fraction of sp³-hybridized carbons (Fsp3) is 0.529. The van der Waals surface area contributed by atoms with Crippen LogP contribution in [0.1, 0.15) is 33.0 Å². The van der Waals surface area contributed by atoms with Gasteiger partial charge >= 0.3 is 6.09 Å². The SMILES string of the molecule is CN(C(=O)OC(C)(C)C)C1CCN(C(=O)/C=C/c2ccco2)C1. The highest BCUT2D eigenvalue weighted by Gasteiger charge is 2.32. The molecule has 6 heteroatoms. The third-order valence-corrected chi connectivity index (χ3v) is 3.64. The lowest BCUT2D eigenvalue weighted by molar-refractivity contribution is -0.125. The second-order valence-electron chi connectivity index (χ2n) is 6.67. The maximum Gasteiger partial charge on any atom is 0.410 e. The molecule has 2 heterocycles. The molecule has 0 saturated carbocycles. The van der Waals surface area contributed by atoms with Crippen molar-refractivity contribution in [3.8, 4) is 0 Å². The predicted molar refractivity (Wildman–Crippen MR) is 86.7 cm³/mol. The minimum absolute atomic E-state index is 0.0224. The third-order valence-electron chi connectivity index (χ3n) is 3.64. The Morgan fingerprint density at radius 3 is 2.78 bits per heavy atom. The van der Waals surface area contributed by atoms with Crippen LogP contribution in [0.4, 0.5) is 4.79 Å². The van der Waals surface area contributed by atoms with Gasteiger partial charge in [-0.05, 0) is 45.4 Å². The molecular formula is C17H24N2O4. The van der Waals surface area contributed by atoms with Crippen LogP contribution >= 0.6 is 0 Å². The van der Waals surface area contributed by atoms with Gasteiger partial charge in [0.1, 0.15) is 11.4 Å². The number of rotatable bonds is 3. The van der Waals surface area contributed by atoms with E-state index in [4.69, 9.17) is 9.15 Å². The molecule has 1 aliphatic rings. The molecule has 1 saturated heterocycles. The standard InChI is InChI=1S/C17H24N2O4/c1-17(2,3)23-16(21)18(4)13-9-10-19(12-13)15(20)8-7-14-6-5-11-22-14/h5-8,11,13H,9-10,12H2,1-4H3/b8-7+. The molecular weight excluding hydrogens is 296 g/mol. The molecule has 23 heavy (non-hydrogen) atoms. The summed E-state index contributed by atoms with van der Waals surface area (Å²) in [7, 11) is 1.71. The van der Waals surface area contributed by atoms with Crippen molar-refractivity contribution in [3.05, 3.63) is 30.2 Å². The Kier molecular flexibility index (Phi) is 5.13. The summed E-state index contributed by atoms with van der Waals surface area (Å²) >= 11 is 0. The summed E-state index contributed by atoms with van der Waals surface area (Å²) < 4.78 is 10.5. The van der Waals surface area contributed by atoms with Gasteiger partial charge in [0.25, 0.3) is 0 Å². The highest BCUT2D eigenvalue weighted by molar-refractivity contribution is 5.91.